The highest BCUT2D eigenvalue weighted by Crippen LogP contribution is 2.30. The lowest BCUT2D eigenvalue weighted by molar-refractivity contribution is -0.138. The molecule has 3 heterocycles. The highest BCUT2D eigenvalue weighted by Gasteiger charge is 2.33. The van der Waals surface area contributed by atoms with Crippen molar-refractivity contribution in [1.29, 1.82) is 0 Å². The lowest BCUT2D eigenvalue weighted by Gasteiger charge is -2.38. The molecular weight excluding hydrogens is 454 g/mol. The number of sulfonamides is 1. The summed E-state index contributed by atoms with van der Waals surface area (Å²) in [4.78, 5) is 19.8. The van der Waals surface area contributed by atoms with Gasteiger partial charge in [0.15, 0.2) is 0 Å². The number of carbonyl (C=O) groups excluding carboxylic acids is 1. The molecule has 0 N–H and O–H groups in total. The second-order valence-electron chi connectivity index (χ2n) is 8.34. The second-order valence-corrected chi connectivity index (χ2v) is 11.9. The number of hydrogen-bond donors (Lipinski definition) is 0. The van der Waals surface area contributed by atoms with Gasteiger partial charge in [-0.1, -0.05) is 23.7 Å². The van der Waals surface area contributed by atoms with Crippen molar-refractivity contribution in [2.45, 2.75) is 19.4 Å². The van der Waals surface area contributed by atoms with Gasteiger partial charge in [-0.2, -0.15) is 0 Å². The van der Waals surface area contributed by atoms with E-state index in [9.17, 15) is 13.2 Å². The SMILES string of the molecule is CS(=O)(=O)N1CCCC(C(=O)N2CCN(Cc3ccc(-c4cccc(Cl)c4)s3)CC2)C1. The van der Waals surface area contributed by atoms with Crippen LogP contribution in [-0.2, 0) is 21.4 Å². The molecule has 2 aliphatic heterocycles. The zero-order valence-corrected chi connectivity index (χ0v) is 20.1. The van der Waals surface area contributed by atoms with Gasteiger partial charge in [0.1, 0.15) is 0 Å². The summed E-state index contributed by atoms with van der Waals surface area (Å²) in [6, 6.07) is 12.2. The van der Waals surface area contributed by atoms with Gasteiger partial charge in [0.25, 0.3) is 0 Å². The molecule has 2 saturated heterocycles. The van der Waals surface area contributed by atoms with Crippen LogP contribution in [0, 0.1) is 5.92 Å². The maximum absolute atomic E-state index is 13.0. The maximum atomic E-state index is 13.0. The fraction of sp³-hybridized carbons (Fsp3) is 0.500. The van der Waals surface area contributed by atoms with Gasteiger partial charge in [-0.25, -0.2) is 12.7 Å². The summed E-state index contributed by atoms with van der Waals surface area (Å²) < 4.78 is 25.1. The van der Waals surface area contributed by atoms with Crippen LogP contribution in [0.5, 0.6) is 0 Å². The summed E-state index contributed by atoms with van der Waals surface area (Å²) >= 11 is 7.89. The fourth-order valence-electron chi connectivity index (χ4n) is 4.31. The van der Waals surface area contributed by atoms with E-state index in [1.165, 1.54) is 20.3 Å². The Morgan fingerprint density at radius 3 is 2.61 bits per heavy atom. The summed E-state index contributed by atoms with van der Waals surface area (Å²) in [7, 11) is -3.24. The predicted octanol–water partition coefficient (Wildman–Crippen LogP) is 3.38. The van der Waals surface area contributed by atoms with Gasteiger partial charge in [0.2, 0.25) is 15.9 Å². The first-order chi connectivity index (χ1) is 14.8. The van der Waals surface area contributed by atoms with Crippen molar-refractivity contribution in [3.63, 3.8) is 0 Å². The quantitative estimate of drug-likeness (QED) is 0.656. The second kappa shape index (κ2) is 9.58. The Hall–Kier alpha value is -1.45. The van der Waals surface area contributed by atoms with E-state index < -0.39 is 10.0 Å². The van der Waals surface area contributed by atoms with Crippen molar-refractivity contribution in [2.24, 2.45) is 5.92 Å². The standard InChI is InChI=1S/C22H28ClN3O3S2/c1-31(28,29)26-9-3-5-18(15-26)22(27)25-12-10-24(11-13-25)16-20-7-8-21(30-20)17-4-2-6-19(23)14-17/h2,4,6-8,14,18H,3,5,9-13,15-16H2,1H3. The number of piperidine rings is 1. The number of hydrogen-bond acceptors (Lipinski definition) is 5. The van der Waals surface area contributed by atoms with E-state index >= 15 is 0 Å². The van der Waals surface area contributed by atoms with Gasteiger partial charge in [0, 0.05) is 60.6 Å². The van der Waals surface area contributed by atoms with Crippen molar-refractivity contribution in [3.05, 3.63) is 46.3 Å². The Morgan fingerprint density at radius 2 is 1.90 bits per heavy atom. The molecule has 0 saturated carbocycles. The monoisotopic (exact) mass is 481 g/mol. The van der Waals surface area contributed by atoms with E-state index in [1.807, 2.05) is 23.1 Å². The molecular formula is C22H28ClN3O3S2. The highest BCUT2D eigenvalue weighted by atomic mass is 35.5. The van der Waals surface area contributed by atoms with E-state index in [0.29, 0.717) is 26.2 Å². The maximum Gasteiger partial charge on any atom is 0.227 e. The van der Waals surface area contributed by atoms with Gasteiger partial charge in [-0.05, 0) is 42.7 Å². The minimum absolute atomic E-state index is 0.104. The minimum Gasteiger partial charge on any atom is -0.340 e. The average Bonchev–Trinajstić information content (AvgIpc) is 3.22. The Kier molecular flexibility index (Phi) is 7.03. The summed E-state index contributed by atoms with van der Waals surface area (Å²) in [5.74, 6) is -0.111. The van der Waals surface area contributed by atoms with E-state index in [4.69, 9.17) is 11.6 Å². The molecule has 1 aromatic carbocycles. The topological polar surface area (TPSA) is 60.9 Å². The Bertz CT molecular complexity index is 1030. The van der Waals surface area contributed by atoms with Crippen molar-refractivity contribution in [2.75, 3.05) is 45.5 Å². The van der Waals surface area contributed by atoms with E-state index in [-0.39, 0.29) is 11.8 Å². The molecule has 0 aliphatic carbocycles. The van der Waals surface area contributed by atoms with Crippen LogP contribution < -0.4 is 0 Å². The van der Waals surface area contributed by atoms with Crippen molar-refractivity contribution in [1.82, 2.24) is 14.1 Å². The van der Waals surface area contributed by atoms with Crippen LogP contribution in [0.1, 0.15) is 17.7 Å². The minimum atomic E-state index is -3.24. The van der Waals surface area contributed by atoms with Crippen LogP contribution in [-0.4, -0.2) is 74.0 Å². The molecule has 0 spiro atoms. The third-order valence-corrected chi connectivity index (χ3v) is 8.66. The third-order valence-electron chi connectivity index (χ3n) is 6.04. The first kappa shape index (κ1) is 22.7. The fourth-order valence-corrected chi connectivity index (χ4v) is 6.46. The van der Waals surface area contributed by atoms with E-state index in [2.05, 4.69) is 23.1 Å². The molecule has 31 heavy (non-hydrogen) atoms. The first-order valence-electron chi connectivity index (χ1n) is 10.6. The summed E-state index contributed by atoms with van der Waals surface area (Å²) in [5, 5.41) is 0.742. The van der Waals surface area contributed by atoms with Gasteiger partial charge < -0.3 is 4.90 Å². The van der Waals surface area contributed by atoms with E-state index in [0.717, 1.165) is 43.1 Å². The molecule has 4 rings (SSSR count). The zero-order chi connectivity index (χ0) is 22.0. The number of rotatable bonds is 5. The number of carbonyl (C=O) groups is 1. The number of benzene rings is 1. The zero-order valence-electron chi connectivity index (χ0n) is 17.7. The molecule has 2 aliphatic rings. The molecule has 1 atom stereocenters. The molecule has 0 bridgehead atoms. The molecule has 1 aromatic heterocycles. The molecule has 2 aromatic rings. The summed E-state index contributed by atoms with van der Waals surface area (Å²) in [6.07, 6.45) is 2.74. The normalized spacial score (nSPS) is 21.4. The van der Waals surface area contributed by atoms with Gasteiger partial charge in [-0.3, -0.25) is 9.69 Å². The molecule has 6 nitrogen and oxygen atoms in total. The molecule has 2 fully saturated rings. The van der Waals surface area contributed by atoms with Crippen LogP contribution in [0.25, 0.3) is 10.4 Å². The molecule has 168 valence electrons. The van der Waals surface area contributed by atoms with Crippen molar-refractivity contribution < 1.29 is 13.2 Å². The Labute approximate surface area is 193 Å². The number of amides is 1. The third kappa shape index (κ3) is 5.68. The Balaban J connectivity index is 1.30. The Morgan fingerprint density at radius 1 is 1.13 bits per heavy atom. The highest BCUT2D eigenvalue weighted by molar-refractivity contribution is 7.88. The van der Waals surface area contributed by atoms with Gasteiger partial charge in [0.05, 0.1) is 12.2 Å². The average molecular weight is 482 g/mol. The smallest absolute Gasteiger partial charge is 0.227 e. The van der Waals surface area contributed by atoms with Crippen LogP contribution in [0.3, 0.4) is 0 Å². The lowest BCUT2D eigenvalue weighted by Crippen LogP contribution is -2.52. The first-order valence-corrected chi connectivity index (χ1v) is 13.6. The number of nitrogens with zero attached hydrogens (tertiary/aromatic N) is 3. The van der Waals surface area contributed by atoms with Crippen LogP contribution >= 0.6 is 22.9 Å². The number of thiophene rings is 1. The van der Waals surface area contributed by atoms with Gasteiger partial charge >= 0.3 is 0 Å². The lowest BCUT2D eigenvalue weighted by atomic mass is 9.98. The number of piperazine rings is 1. The van der Waals surface area contributed by atoms with E-state index in [1.54, 1.807) is 11.3 Å². The van der Waals surface area contributed by atoms with Crippen LogP contribution in [0.15, 0.2) is 36.4 Å². The largest absolute Gasteiger partial charge is 0.340 e. The summed E-state index contributed by atoms with van der Waals surface area (Å²) in [6.45, 7) is 4.77. The predicted molar refractivity (Wildman–Crippen MR) is 126 cm³/mol. The summed E-state index contributed by atoms with van der Waals surface area (Å²) in [5.41, 5.74) is 1.13. The molecule has 1 unspecified atom stereocenters. The van der Waals surface area contributed by atoms with Gasteiger partial charge in [-0.15, -0.1) is 11.3 Å². The van der Waals surface area contributed by atoms with Crippen molar-refractivity contribution >= 4 is 38.9 Å². The molecule has 1 amide bonds. The van der Waals surface area contributed by atoms with Crippen LogP contribution in [0.4, 0.5) is 0 Å². The van der Waals surface area contributed by atoms with Crippen LogP contribution in [0.2, 0.25) is 5.02 Å². The van der Waals surface area contributed by atoms with Crippen molar-refractivity contribution in [3.8, 4) is 10.4 Å². The molecule has 9 heteroatoms. The number of halogens is 1. The molecule has 0 radical (unpaired) electrons.